The molecule has 0 aromatic carbocycles. The first-order valence-electron chi connectivity index (χ1n) is 5.98. The van der Waals surface area contributed by atoms with Crippen LogP contribution in [0.5, 0.6) is 0 Å². The van der Waals surface area contributed by atoms with Gasteiger partial charge in [-0.15, -0.1) is 0 Å². The number of nitrogens with two attached hydrogens (primary N) is 1. The second kappa shape index (κ2) is 7.17. The molecule has 90 valence electrons. The molecular weight excluding hydrogens is 200 g/mol. The van der Waals surface area contributed by atoms with Gasteiger partial charge in [-0.05, 0) is 33.2 Å². The number of hydrogen-bond acceptors (Lipinski definition) is 4. The fourth-order valence-corrected chi connectivity index (χ4v) is 1.65. The highest BCUT2D eigenvalue weighted by Gasteiger charge is 1.97. The van der Waals surface area contributed by atoms with Crippen LogP contribution in [0.3, 0.4) is 0 Å². The fraction of sp³-hybridized carbons (Fsp3) is 0.667. The quantitative estimate of drug-likeness (QED) is 0.693. The molecule has 0 spiro atoms. The molecule has 0 saturated carbocycles. The van der Waals surface area contributed by atoms with Gasteiger partial charge in [-0.2, -0.15) is 0 Å². The molecular formula is C12H22N4. The summed E-state index contributed by atoms with van der Waals surface area (Å²) >= 11 is 0. The lowest BCUT2D eigenvalue weighted by atomic mass is 10.2. The SMILES string of the molecule is Cc1cc(NCCCCCCN)nc(C)n1. The zero-order valence-corrected chi connectivity index (χ0v) is 10.3. The molecule has 4 nitrogen and oxygen atoms in total. The van der Waals surface area contributed by atoms with E-state index >= 15 is 0 Å². The molecule has 16 heavy (non-hydrogen) atoms. The Bertz CT molecular complexity index is 292. The lowest BCUT2D eigenvalue weighted by molar-refractivity contribution is 0.660. The zero-order valence-electron chi connectivity index (χ0n) is 10.3. The van der Waals surface area contributed by atoms with Crippen molar-refractivity contribution in [3.8, 4) is 0 Å². The van der Waals surface area contributed by atoms with Crippen molar-refractivity contribution in [3.63, 3.8) is 0 Å². The summed E-state index contributed by atoms with van der Waals surface area (Å²) in [5.74, 6) is 1.76. The highest BCUT2D eigenvalue weighted by atomic mass is 15.0. The summed E-state index contributed by atoms with van der Waals surface area (Å²) in [7, 11) is 0. The maximum Gasteiger partial charge on any atom is 0.129 e. The van der Waals surface area contributed by atoms with Gasteiger partial charge in [0.15, 0.2) is 0 Å². The molecule has 0 aliphatic rings. The third-order valence-electron chi connectivity index (χ3n) is 2.40. The van der Waals surface area contributed by atoms with Gasteiger partial charge in [0.05, 0.1) is 0 Å². The molecule has 0 radical (unpaired) electrons. The smallest absolute Gasteiger partial charge is 0.129 e. The van der Waals surface area contributed by atoms with E-state index in [9.17, 15) is 0 Å². The number of nitrogens with zero attached hydrogens (tertiary/aromatic N) is 2. The van der Waals surface area contributed by atoms with Gasteiger partial charge in [0.1, 0.15) is 11.6 Å². The van der Waals surface area contributed by atoms with E-state index in [1.165, 1.54) is 19.3 Å². The largest absolute Gasteiger partial charge is 0.370 e. The third-order valence-corrected chi connectivity index (χ3v) is 2.40. The number of aryl methyl sites for hydroxylation is 2. The molecule has 3 N–H and O–H groups in total. The summed E-state index contributed by atoms with van der Waals surface area (Å²) in [6, 6.07) is 1.98. The minimum absolute atomic E-state index is 0.803. The number of aromatic nitrogens is 2. The minimum atomic E-state index is 0.803. The van der Waals surface area contributed by atoms with Gasteiger partial charge in [0, 0.05) is 18.3 Å². The summed E-state index contributed by atoms with van der Waals surface area (Å²) < 4.78 is 0. The van der Waals surface area contributed by atoms with Crippen molar-refractivity contribution in [1.82, 2.24) is 9.97 Å². The predicted octanol–water partition coefficient (Wildman–Crippen LogP) is 2.02. The summed E-state index contributed by atoms with van der Waals surface area (Å²) in [5, 5.41) is 3.32. The molecule has 0 saturated heterocycles. The summed E-state index contributed by atoms with van der Waals surface area (Å²) in [4.78, 5) is 8.56. The maximum atomic E-state index is 5.44. The van der Waals surface area contributed by atoms with Crippen molar-refractivity contribution >= 4 is 5.82 Å². The molecule has 1 heterocycles. The van der Waals surface area contributed by atoms with Crippen LogP contribution in [0.25, 0.3) is 0 Å². The Hall–Kier alpha value is -1.16. The summed E-state index contributed by atoms with van der Waals surface area (Å²) in [6.45, 7) is 5.68. The molecule has 0 amide bonds. The Morgan fingerprint density at radius 2 is 1.88 bits per heavy atom. The van der Waals surface area contributed by atoms with E-state index in [1.54, 1.807) is 0 Å². The van der Waals surface area contributed by atoms with Crippen molar-refractivity contribution < 1.29 is 0 Å². The van der Waals surface area contributed by atoms with Crippen LogP contribution in [0, 0.1) is 13.8 Å². The number of unbranched alkanes of at least 4 members (excludes halogenated alkanes) is 3. The highest BCUT2D eigenvalue weighted by molar-refractivity contribution is 5.35. The van der Waals surface area contributed by atoms with Crippen molar-refractivity contribution in [1.29, 1.82) is 0 Å². The molecule has 4 heteroatoms. The first-order valence-corrected chi connectivity index (χ1v) is 5.98. The molecule has 0 aliphatic heterocycles. The van der Waals surface area contributed by atoms with Gasteiger partial charge in [-0.3, -0.25) is 0 Å². The fourth-order valence-electron chi connectivity index (χ4n) is 1.65. The Kier molecular flexibility index (Phi) is 5.78. The maximum absolute atomic E-state index is 5.44. The second-order valence-electron chi connectivity index (χ2n) is 4.07. The predicted molar refractivity (Wildman–Crippen MR) is 67.5 cm³/mol. The van der Waals surface area contributed by atoms with Crippen LogP contribution in [0.15, 0.2) is 6.07 Å². The molecule has 0 aliphatic carbocycles. The monoisotopic (exact) mass is 222 g/mol. The average molecular weight is 222 g/mol. The van der Waals surface area contributed by atoms with E-state index in [0.717, 1.165) is 36.8 Å². The normalized spacial score (nSPS) is 10.4. The lowest BCUT2D eigenvalue weighted by Crippen LogP contribution is -2.06. The van der Waals surface area contributed by atoms with Crippen molar-refractivity contribution in [3.05, 3.63) is 17.6 Å². The Balaban J connectivity index is 2.21. The van der Waals surface area contributed by atoms with E-state index in [2.05, 4.69) is 15.3 Å². The third kappa shape index (κ3) is 5.07. The lowest BCUT2D eigenvalue weighted by Gasteiger charge is -2.06. The van der Waals surface area contributed by atoms with Gasteiger partial charge < -0.3 is 11.1 Å². The molecule has 1 aromatic heterocycles. The van der Waals surface area contributed by atoms with E-state index in [1.807, 2.05) is 19.9 Å². The van der Waals surface area contributed by atoms with Crippen molar-refractivity contribution in [2.75, 3.05) is 18.4 Å². The second-order valence-corrected chi connectivity index (χ2v) is 4.07. The summed E-state index contributed by atoms with van der Waals surface area (Å²) in [6.07, 6.45) is 4.75. The standard InChI is InChI=1S/C12H22N4/c1-10-9-12(16-11(2)15-10)14-8-6-4-3-5-7-13/h9H,3-8,13H2,1-2H3,(H,14,15,16). The van der Waals surface area contributed by atoms with Crippen LogP contribution in [0.2, 0.25) is 0 Å². The van der Waals surface area contributed by atoms with E-state index in [4.69, 9.17) is 5.73 Å². The van der Waals surface area contributed by atoms with Gasteiger partial charge in [-0.25, -0.2) is 9.97 Å². The molecule has 0 atom stereocenters. The average Bonchev–Trinajstić information content (AvgIpc) is 2.22. The van der Waals surface area contributed by atoms with Crippen LogP contribution in [0.4, 0.5) is 5.82 Å². The number of hydrogen-bond donors (Lipinski definition) is 2. The Morgan fingerprint density at radius 1 is 1.12 bits per heavy atom. The topological polar surface area (TPSA) is 63.8 Å². The highest BCUT2D eigenvalue weighted by Crippen LogP contribution is 2.06. The first kappa shape index (κ1) is 12.9. The number of rotatable bonds is 7. The van der Waals surface area contributed by atoms with Crippen LogP contribution in [-0.2, 0) is 0 Å². The van der Waals surface area contributed by atoms with Crippen molar-refractivity contribution in [2.45, 2.75) is 39.5 Å². The molecule has 0 bridgehead atoms. The molecule has 0 unspecified atom stereocenters. The van der Waals surface area contributed by atoms with Gasteiger partial charge in [0.2, 0.25) is 0 Å². The first-order chi connectivity index (χ1) is 7.72. The van der Waals surface area contributed by atoms with Gasteiger partial charge in [-0.1, -0.05) is 12.8 Å². The number of anilines is 1. The van der Waals surface area contributed by atoms with E-state index in [-0.39, 0.29) is 0 Å². The van der Waals surface area contributed by atoms with Gasteiger partial charge >= 0.3 is 0 Å². The minimum Gasteiger partial charge on any atom is -0.370 e. The van der Waals surface area contributed by atoms with Crippen LogP contribution >= 0.6 is 0 Å². The van der Waals surface area contributed by atoms with Crippen LogP contribution < -0.4 is 11.1 Å². The molecule has 0 fully saturated rings. The zero-order chi connectivity index (χ0) is 11.8. The van der Waals surface area contributed by atoms with Crippen LogP contribution in [-0.4, -0.2) is 23.1 Å². The Morgan fingerprint density at radius 3 is 2.56 bits per heavy atom. The summed E-state index contributed by atoms with van der Waals surface area (Å²) in [5.41, 5.74) is 6.45. The van der Waals surface area contributed by atoms with Crippen molar-refractivity contribution in [2.24, 2.45) is 5.73 Å². The van der Waals surface area contributed by atoms with E-state index in [0.29, 0.717) is 0 Å². The van der Waals surface area contributed by atoms with Gasteiger partial charge in [0.25, 0.3) is 0 Å². The number of nitrogens with one attached hydrogen (secondary N) is 1. The Labute approximate surface area is 97.7 Å². The van der Waals surface area contributed by atoms with Crippen LogP contribution in [0.1, 0.15) is 37.2 Å². The molecule has 1 rings (SSSR count). The molecule has 1 aromatic rings. The van der Waals surface area contributed by atoms with E-state index < -0.39 is 0 Å².